The maximum Gasteiger partial charge on any atom is 0.306 e. The molecule has 0 N–H and O–H groups in total. The third-order valence-corrected chi connectivity index (χ3v) is 14.1. The van der Waals surface area contributed by atoms with Crippen molar-refractivity contribution in [2.24, 2.45) is 0 Å². The minimum absolute atomic E-state index is 0.0974. The van der Waals surface area contributed by atoms with Gasteiger partial charge < -0.3 is 14.2 Å². The third kappa shape index (κ3) is 66.1. The molecule has 0 saturated heterocycles. The molecule has 0 heterocycles. The van der Waals surface area contributed by atoms with E-state index < -0.39 is 6.10 Å². The Kier molecular flexibility index (Phi) is 64.8. The minimum Gasteiger partial charge on any atom is -0.462 e. The first kappa shape index (κ1) is 77.3. The van der Waals surface area contributed by atoms with Crippen molar-refractivity contribution in [2.75, 3.05) is 13.2 Å². The van der Waals surface area contributed by atoms with E-state index in [1.165, 1.54) is 122 Å². The molecule has 0 aliphatic carbocycles. The molecule has 6 nitrogen and oxygen atoms in total. The average molecular weight is 1130 g/mol. The lowest BCUT2D eigenvalue weighted by Gasteiger charge is -2.18. The number of ether oxygens (including phenoxy) is 3. The fourth-order valence-electron chi connectivity index (χ4n) is 9.10. The molecule has 1 atom stereocenters. The Morgan fingerprint density at radius 1 is 0.256 bits per heavy atom. The largest absolute Gasteiger partial charge is 0.462 e. The summed E-state index contributed by atoms with van der Waals surface area (Å²) in [5.41, 5.74) is 0. The lowest BCUT2D eigenvalue weighted by molar-refractivity contribution is -0.167. The van der Waals surface area contributed by atoms with Crippen molar-refractivity contribution >= 4 is 17.9 Å². The molecule has 0 radical (unpaired) electrons. The molecule has 0 spiro atoms. The standard InChI is InChI=1S/C76H124O6/c1-4-7-10-13-16-18-20-22-24-26-28-30-32-34-36-37-38-39-41-42-44-46-48-50-52-54-56-58-60-63-66-69-75(78)81-72-73(71-80-74(77)68-65-62-15-12-9-6-3)82-76(79)70-67-64-61-59-57-55-53-51-49-47-45-43-40-35-33-31-29-27-25-23-21-19-17-14-11-8-5-2/h7-8,10-11,16-19,22-25,28-31,35,40,45,47,51,53,57,59,73H,4-6,9,12-15,20-21,26-27,32-34,36-39,41-44,46,48-50,52,54-56,58,60-72H2,1-3H3/b10-7-,11-8-,18-16-,19-17-,24-22-,25-23-,30-28-,31-29-,40-35-,47-45-,53-51-,59-57-. The van der Waals surface area contributed by atoms with Gasteiger partial charge in [-0.3, -0.25) is 14.4 Å². The van der Waals surface area contributed by atoms with Crippen LogP contribution in [0.15, 0.2) is 146 Å². The summed E-state index contributed by atoms with van der Waals surface area (Å²) < 4.78 is 16.8. The van der Waals surface area contributed by atoms with Crippen molar-refractivity contribution in [3.8, 4) is 0 Å². The smallest absolute Gasteiger partial charge is 0.306 e. The van der Waals surface area contributed by atoms with E-state index in [4.69, 9.17) is 14.2 Å². The molecule has 0 aromatic heterocycles. The summed E-state index contributed by atoms with van der Waals surface area (Å²) in [6.07, 6.45) is 99.1. The number of esters is 3. The first-order chi connectivity index (χ1) is 40.5. The second-order valence-electron chi connectivity index (χ2n) is 22.0. The molecule has 82 heavy (non-hydrogen) atoms. The van der Waals surface area contributed by atoms with Crippen molar-refractivity contribution in [1.82, 2.24) is 0 Å². The van der Waals surface area contributed by atoms with E-state index in [0.29, 0.717) is 19.3 Å². The van der Waals surface area contributed by atoms with Crippen molar-refractivity contribution in [1.29, 1.82) is 0 Å². The van der Waals surface area contributed by atoms with Gasteiger partial charge in [-0.25, -0.2) is 0 Å². The second-order valence-corrected chi connectivity index (χ2v) is 22.0. The number of hydrogen-bond acceptors (Lipinski definition) is 6. The van der Waals surface area contributed by atoms with Gasteiger partial charge in [0.05, 0.1) is 0 Å². The maximum absolute atomic E-state index is 12.8. The first-order valence-electron chi connectivity index (χ1n) is 33.8. The number of allylic oxidation sites excluding steroid dienone is 24. The van der Waals surface area contributed by atoms with Crippen LogP contribution < -0.4 is 0 Å². The van der Waals surface area contributed by atoms with Gasteiger partial charge >= 0.3 is 17.9 Å². The number of unbranched alkanes of at least 4 members (excludes halogenated alkanes) is 25. The Morgan fingerprint density at radius 2 is 0.476 bits per heavy atom. The summed E-state index contributed by atoms with van der Waals surface area (Å²) in [5, 5.41) is 0. The van der Waals surface area contributed by atoms with Gasteiger partial charge in [-0.05, 0) is 122 Å². The minimum atomic E-state index is -0.803. The highest BCUT2D eigenvalue weighted by Crippen LogP contribution is 2.16. The van der Waals surface area contributed by atoms with Crippen LogP contribution in [-0.2, 0) is 28.6 Å². The monoisotopic (exact) mass is 1130 g/mol. The van der Waals surface area contributed by atoms with Gasteiger partial charge in [-0.1, -0.05) is 301 Å². The van der Waals surface area contributed by atoms with Gasteiger partial charge in [0, 0.05) is 19.3 Å². The van der Waals surface area contributed by atoms with E-state index in [9.17, 15) is 14.4 Å². The Morgan fingerprint density at radius 3 is 0.768 bits per heavy atom. The normalized spacial score (nSPS) is 13.1. The van der Waals surface area contributed by atoms with Crippen molar-refractivity contribution in [3.05, 3.63) is 146 Å². The second kappa shape index (κ2) is 68.8. The summed E-state index contributed by atoms with van der Waals surface area (Å²) in [5.74, 6) is -0.949. The predicted octanol–water partition coefficient (Wildman–Crippen LogP) is 23.5. The molecular formula is C76H124O6. The van der Waals surface area contributed by atoms with Crippen LogP contribution in [0, 0.1) is 0 Å². The molecule has 0 saturated carbocycles. The highest BCUT2D eigenvalue weighted by molar-refractivity contribution is 5.71. The number of hydrogen-bond donors (Lipinski definition) is 0. The molecule has 0 aliphatic rings. The summed E-state index contributed by atoms with van der Waals surface area (Å²) in [6.45, 7) is 6.33. The van der Waals surface area contributed by atoms with E-state index in [2.05, 4.69) is 167 Å². The SMILES string of the molecule is CC/C=C\C/C=C\C/C=C\C/C=C\C/C=C\C/C=C\C/C=C\C/C=C\CCCCC(=O)OC(COC(=O)CCCCCCCC)COC(=O)CCCCCCCCCCCCCCCCCCCC/C=C\C/C=C\C/C=C\C/C=C\CC. The van der Waals surface area contributed by atoms with Gasteiger partial charge in [0.2, 0.25) is 0 Å². The van der Waals surface area contributed by atoms with Crippen LogP contribution in [0.1, 0.15) is 297 Å². The number of carbonyl (C=O) groups is 3. The zero-order chi connectivity index (χ0) is 59.2. The molecule has 0 aliphatic heterocycles. The average Bonchev–Trinajstić information content (AvgIpc) is 3.47. The molecule has 0 bridgehead atoms. The Labute approximate surface area is 506 Å². The molecule has 1 unspecified atom stereocenters. The van der Waals surface area contributed by atoms with Crippen molar-refractivity contribution in [3.63, 3.8) is 0 Å². The lowest BCUT2D eigenvalue weighted by atomic mass is 10.0. The Bertz CT molecular complexity index is 1780. The fourth-order valence-corrected chi connectivity index (χ4v) is 9.10. The zero-order valence-electron chi connectivity index (χ0n) is 53.2. The summed E-state index contributed by atoms with van der Waals surface area (Å²) in [7, 11) is 0. The van der Waals surface area contributed by atoms with E-state index in [1.807, 2.05) is 0 Å². The summed E-state index contributed by atoms with van der Waals surface area (Å²) >= 11 is 0. The van der Waals surface area contributed by atoms with Crippen LogP contribution in [0.3, 0.4) is 0 Å². The van der Waals surface area contributed by atoms with Gasteiger partial charge in [0.15, 0.2) is 6.10 Å². The summed E-state index contributed by atoms with van der Waals surface area (Å²) in [6, 6.07) is 0. The number of rotatable bonds is 60. The number of carbonyl (C=O) groups excluding carboxylic acids is 3. The Hall–Kier alpha value is -4.71. The summed E-state index contributed by atoms with van der Waals surface area (Å²) in [4.78, 5) is 38.1. The molecule has 464 valence electrons. The van der Waals surface area contributed by atoms with E-state index >= 15 is 0 Å². The van der Waals surface area contributed by atoms with E-state index in [1.54, 1.807) is 0 Å². The van der Waals surface area contributed by atoms with Crippen molar-refractivity contribution < 1.29 is 28.6 Å². The van der Waals surface area contributed by atoms with E-state index in [-0.39, 0.29) is 37.5 Å². The topological polar surface area (TPSA) is 78.9 Å². The molecule has 0 amide bonds. The van der Waals surface area contributed by atoms with Crippen molar-refractivity contribution in [2.45, 2.75) is 303 Å². The molecule has 6 heteroatoms. The third-order valence-electron chi connectivity index (χ3n) is 14.1. The highest BCUT2D eigenvalue weighted by Gasteiger charge is 2.19. The molecule has 0 aromatic rings. The van der Waals surface area contributed by atoms with Crippen LogP contribution in [0.4, 0.5) is 0 Å². The molecule has 0 rings (SSSR count). The van der Waals surface area contributed by atoms with Crippen LogP contribution in [-0.4, -0.2) is 37.2 Å². The van der Waals surface area contributed by atoms with Gasteiger partial charge in [0.1, 0.15) is 13.2 Å². The Balaban J connectivity index is 4.13. The van der Waals surface area contributed by atoms with Crippen LogP contribution in [0.5, 0.6) is 0 Å². The van der Waals surface area contributed by atoms with Crippen LogP contribution >= 0.6 is 0 Å². The highest BCUT2D eigenvalue weighted by atomic mass is 16.6. The molecule has 0 aromatic carbocycles. The van der Waals surface area contributed by atoms with Crippen LogP contribution in [0.2, 0.25) is 0 Å². The van der Waals surface area contributed by atoms with Gasteiger partial charge in [-0.15, -0.1) is 0 Å². The van der Waals surface area contributed by atoms with E-state index in [0.717, 1.165) is 128 Å². The first-order valence-corrected chi connectivity index (χ1v) is 33.8. The predicted molar refractivity (Wildman–Crippen MR) is 357 cm³/mol. The lowest BCUT2D eigenvalue weighted by Crippen LogP contribution is -2.30. The molecular weight excluding hydrogens is 1010 g/mol. The zero-order valence-corrected chi connectivity index (χ0v) is 53.2. The fraction of sp³-hybridized carbons (Fsp3) is 0.645. The van der Waals surface area contributed by atoms with Gasteiger partial charge in [0.25, 0.3) is 0 Å². The van der Waals surface area contributed by atoms with Gasteiger partial charge in [-0.2, -0.15) is 0 Å². The molecule has 0 fully saturated rings. The quantitative estimate of drug-likeness (QED) is 0.0261. The maximum atomic E-state index is 12.8. The van der Waals surface area contributed by atoms with Crippen LogP contribution in [0.25, 0.3) is 0 Å².